The molecule has 0 bridgehead atoms. The Hall–Kier alpha value is -1.51. The van der Waals surface area contributed by atoms with E-state index < -0.39 is 0 Å². The minimum Gasteiger partial charge on any atom is -0.491 e. The van der Waals surface area contributed by atoms with E-state index in [0.29, 0.717) is 6.54 Å². The van der Waals surface area contributed by atoms with Crippen LogP contribution >= 0.6 is 0 Å². The van der Waals surface area contributed by atoms with Crippen LogP contribution in [0.25, 0.3) is 0 Å². The molecule has 2 rings (SSSR count). The Kier molecular flexibility index (Phi) is 2.15. The van der Waals surface area contributed by atoms with Crippen LogP contribution in [-0.2, 0) is 6.54 Å². The van der Waals surface area contributed by atoms with Gasteiger partial charge in [0.15, 0.2) is 0 Å². The Balaban J connectivity index is 2.30. The molecule has 0 saturated heterocycles. The lowest BCUT2D eigenvalue weighted by molar-refractivity contribution is 0.0965. The van der Waals surface area contributed by atoms with Crippen molar-refractivity contribution in [3.63, 3.8) is 0 Å². The maximum atomic E-state index is 11.3. The fourth-order valence-electron chi connectivity index (χ4n) is 1.54. The third-order valence-electron chi connectivity index (χ3n) is 2.14. The molecule has 3 heteroatoms. The zero-order valence-electron chi connectivity index (χ0n) is 8.33. The van der Waals surface area contributed by atoms with Gasteiger partial charge in [-0.3, -0.25) is 4.79 Å². The van der Waals surface area contributed by atoms with E-state index in [1.165, 1.54) is 0 Å². The smallest absolute Gasteiger partial charge is 0.252 e. The molecule has 0 unspecified atom stereocenters. The molecule has 0 atom stereocenters. The SMILES string of the molecule is CC(C)Oc1ccc2c(c1)C(=O)NC2. The molecule has 14 heavy (non-hydrogen) atoms. The van der Waals surface area contributed by atoms with Gasteiger partial charge < -0.3 is 10.1 Å². The highest BCUT2D eigenvalue weighted by atomic mass is 16.5. The lowest BCUT2D eigenvalue weighted by Gasteiger charge is -2.09. The minimum atomic E-state index is -0.00536. The lowest BCUT2D eigenvalue weighted by atomic mass is 10.1. The summed E-state index contributed by atoms with van der Waals surface area (Å²) in [5.74, 6) is 0.755. The van der Waals surface area contributed by atoms with Gasteiger partial charge in [-0.15, -0.1) is 0 Å². The van der Waals surface area contributed by atoms with Crippen LogP contribution in [0.1, 0.15) is 29.8 Å². The van der Waals surface area contributed by atoms with Gasteiger partial charge in [0, 0.05) is 12.1 Å². The predicted molar refractivity (Wildman–Crippen MR) is 53.4 cm³/mol. The first kappa shape index (κ1) is 9.06. The van der Waals surface area contributed by atoms with E-state index in [9.17, 15) is 4.79 Å². The van der Waals surface area contributed by atoms with Gasteiger partial charge in [0.1, 0.15) is 5.75 Å². The average molecular weight is 191 g/mol. The number of amides is 1. The molecule has 1 aliphatic heterocycles. The number of rotatable bonds is 2. The number of hydrogen-bond acceptors (Lipinski definition) is 2. The molecule has 1 heterocycles. The normalized spacial score (nSPS) is 14.1. The van der Waals surface area contributed by atoms with E-state index in [1.54, 1.807) is 6.07 Å². The molecule has 1 amide bonds. The summed E-state index contributed by atoms with van der Waals surface area (Å²) < 4.78 is 5.51. The predicted octanol–water partition coefficient (Wildman–Crippen LogP) is 1.72. The van der Waals surface area contributed by atoms with Gasteiger partial charge in [-0.25, -0.2) is 0 Å². The number of benzene rings is 1. The first-order valence-corrected chi connectivity index (χ1v) is 4.74. The largest absolute Gasteiger partial charge is 0.491 e. The van der Waals surface area contributed by atoms with Crippen LogP contribution in [0.5, 0.6) is 5.75 Å². The maximum Gasteiger partial charge on any atom is 0.252 e. The van der Waals surface area contributed by atoms with Crippen LogP contribution in [0.2, 0.25) is 0 Å². The van der Waals surface area contributed by atoms with Gasteiger partial charge in [0.05, 0.1) is 6.10 Å². The van der Waals surface area contributed by atoms with E-state index in [0.717, 1.165) is 16.9 Å². The summed E-state index contributed by atoms with van der Waals surface area (Å²) >= 11 is 0. The summed E-state index contributed by atoms with van der Waals surface area (Å²) in [7, 11) is 0. The van der Waals surface area contributed by atoms with Crippen molar-refractivity contribution in [2.24, 2.45) is 0 Å². The van der Waals surface area contributed by atoms with Crippen LogP contribution in [0.4, 0.5) is 0 Å². The van der Waals surface area contributed by atoms with Crippen LogP contribution < -0.4 is 10.1 Å². The monoisotopic (exact) mass is 191 g/mol. The first-order valence-electron chi connectivity index (χ1n) is 4.74. The molecule has 0 saturated carbocycles. The number of fused-ring (bicyclic) bond motifs is 1. The highest BCUT2D eigenvalue weighted by Crippen LogP contribution is 2.22. The molecule has 1 aliphatic rings. The Morgan fingerprint density at radius 1 is 1.43 bits per heavy atom. The van der Waals surface area contributed by atoms with E-state index in [4.69, 9.17) is 4.74 Å². The van der Waals surface area contributed by atoms with Gasteiger partial charge in [-0.1, -0.05) is 6.07 Å². The fraction of sp³-hybridized carbons (Fsp3) is 0.364. The van der Waals surface area contributed by atoms with Crippen molar-refractivity contribution in [3.8, 4) is 5.75 Å². The summed E-state index contributed by atoms with van der Waals surface area (Å²) in [6.45, 7) is 4.57. The second kappa shape index (κ2) is 3.33. The summed E-state index contributed by atoms with van der Waals surface area (Å²) in [6, 6.07) is 5.64. The van der Waals surface area contributed by atoms with E-state index in [1.807, 2.05) is 26.0 Å². The third kappa shape index (κ3) is 1.58. The van der Waals surface area contributed by atoms with E-state index in [2.05, 4.69) is 5.32 Å². The zero-order chi connectivity index (χ0) is 10.1. The van der Waals surface area contributed by atoms with Crippen molar-refractivity contribution in [1.82, 2.24) is 5.32 Å². The number of carbonyl (C=O) groups excluding carboxylic acids is 1. The van der Waals surface area contributed by atoms with Crippen molar-refractivity contribution >= 4 is 5.91 Å². The lowest BCUT2D eigenvalue weighted by Crippen LogP contribution is -2.12. The van der Waals surface area contributed by atoms with Gasteiger partial charge in [0.25, 0.3) is 5.91 Å². The van der Waals surface area contributed by atoms with E-state index >= 15 is 0 Å². The average Bonchev–Trinajstić information content (AvgIpc) is 2.47. The molecule has 3 nitrogen and oxygen atoms in total. The highest BCUT2D eigenvalue weighted by molar-refractivity contribution is 5.98. The van der Waals surface area contributed by atoms with Crippen LogP contribution in [0.3, 0.4) is 0 Å². The number of carbonyl (C=O) groups is 1. The molecule has 0 spiro atoms. The molecule has 1 N–H and O–H groups in total. The molecular formula is C11H13NO2. The van der Waals surface area contributed by atoms with Gasteiger partial charge in [-0.05, 0) is 31.5 Å². The summed E-state index contributed by atoms with van der Waals surface area (Å²) in [4.78, 5) is 11.3. The Labute approximate surface area is 83.1 Å². The number of nitrogens with one attached hydrogen (secondary N) is 1. The van der Waals surface area contributed by atoms with Gasteiger partial charge in [-0.2, -0.15) is 0 Å². The second-order valence-corrected chi connectivity index (χ2v) is 3.67. The highest BCUT2D eigenvalue weighted by Gasteiger charge is 2.18. The van der Waals surface area contributed by atoms with Gasteiger partial charge in [0.2, 0.25) is 0 Å². The Bertz CT molecular complexity index is 372. The standard InChI is InChI=1S/C11H13NO2/c1-7(2)14-9-4-3-8-6-12-11(13)10(8)5-9/h3-5,7H,6H2,1-2H3,(H,12,13). The van der Waals surface area contributed by atoms with Crippen molar-refractivity contribution in [2.75, 3.05) is 0 Å². The molecule has 0 aromatic heterocycles. The summed E-state index contributed by atoms with van der Waals surface area (Å²) in [5.41, 5.74) is 1.79. The Morgan fingerprint density at radius 2 is 2.21 bits per heavy atom. The van der Waals surface area contributed by atoms with Crippen LogP contribution in [0, 0.1) is 0 Å². The Morgan fingerprint density at radius 3 is 2.93 bits per heavy atom. The van der Waals surface area contributed by atoms with Gasteiger partial charge >= 0.3 is 0 Å². The minimum absolute atomic E-state index is 0.00536. The number of hydrogen-bond donors (Lipinski definition) is 1. The van der Waals surface area contributed by atoms with Crippen molar-refractivity contribution < 1.29 is 9.53 Å². The quantitative estimate of drug-likeness (QED) is 0.773. The maximum absolute atomic E-state index is 11.3. The molecule has 0 fully saturated rings. The summed E-state index contributed by atoms with van der Waals surface area (Å²) in [6.07, 6.45) is 0.137. The third-order valence-corrected chi connectivity index (χ3v) is 2.14. The molecule has 1 aromatic rings. The van der Waals surface area contributed by atoms with E-state index in [-0.39, 0.29) is 12.0 Å². The number of ether oxygens (including phenoxy) is 1. The molecular weight excluding hydrogens is 178 g/mol. The molecule has 1 aromatic carbocycles. The topological polar surface area (TPSA) is 38.3 Å². The van der Waals surface area contributed by atoms with Crippen molar-refractivity contribution in [3.05, 3.63) is 29.3 Å². The first-order chi connectivity index (χ1) is 6.66. The zero-order valence-corrected chi connectivity index (χ0v) is 8.33. The second-order valence-electron chi connectivity index (χ2n) is 3.67. The molecule has 0 radical (unpaired) electrons. The summed E-state index contributed by atoms with van der Waals surface area (Å²) in [5, 5.41) is 2.77. The van der Waals surface area contributed by atoms with Crippen LogP contribution in [0.15, 0.2) is 18.2 Å². The van der Waals surface area contributed by atoms with Crippen molar-refractivity contribution in [2.45, 2.75) is 26.5 Å². The molecule has 0 aliphatic carbocycles. The van der Waals surface area contributed by atoms with Crippen LogP contribution in [-0.4, -0.2) is 12.0 Å². The fourth-order valence-corrected chi connectivity index (χ4v) is 1.54. The molecule has 74 valence electrons. The van der Waals surface area contributed by atoms with Crippen molar-refractivity contribution in [1.29, 1.82) is 0 Å².